The zero-order valence-corrected chi connectivity index (χ0v) is 13.0. The average molecular weight is 351 g/mol. The Bertz CT molecular complexity index is 785. The Labute approximate surface area is 126 Å². The van der Waals surface area contributed by atoms with Gasteiger partial charge in [0.05, 0.1) is 6.20 Å². The Morgan fingerprint density at radius 2 is 2.00 bits per heavy atom. The van der Waals surface area contributed by atoms with E-state index in [1.165, 1.54) is 0 Å². The van der Waals surface area contributed by atoms with Crippen molar-refractivity contribution in [3.05, 3.63) is 47.5 Å². The van der Waals surface area contributed by atoms with Crippen molar-refractivity contribution in [3.63, 3.8) is 0 Å². The molecule has 0 aliphatic heterocycles. The average Bonchev–Trinajstić information content (AvgIpc) is 2.93. The van der Waals surface area contributed by atoms with Crippen LogP contribution in [-0.4, -0.2) is 24.8 Å². The molecular weight excluding hydrogens is 340 g/mol. The van der Waals surface area contributed by atoms with Gasteiger partial charge in [-0.1, -0.05) is 0 Å². The van der Waals surface area contributed by atoms with Crippen LogP contribution in [0.15, 0.2) is 52.4 Å². The van der Waals surface area contributed by atoms with Gasteiger partial charge in [-0.25, -0.2) is 9.97 Å². The number of halogens is 1. The Kier molecular flexibility index (Phi) is 3.54. The minimum absolute atomic E-state index is 0.670. The topological polar surface area (TPSA) is 59.3 Å². The molecule has 20 heavy (non-hydrogen) atoms. The summed E-state index contributed by atoms with van der Waals surface area (Å²) in [6.45, 7) is 0. The summed E-state index contributed by atoms with van der Waals surface area (Å²) in [4.78, 5) is 9.41. The Hall–Kier alpha value is -1.73. The fourth-order valence-electron chi connectivity index (χ4n) is 1.84. The maximum absolute atomic E-state index is 11.4. The van der Waals surface area contributed by atoms with E-state index in [0.29, 0.717) is 5.82 Å². The number of benzene rings is 1. The zero-order chi connectivity index (χ0) is 14.1. The predicted molar refractivity (Wildman–Crippen MR) is 82.7 cm³/mol. The molecule has 5 nitrogen and oxygen atoms in total. The lowest BCUT2D eigenvalue weighted by molar-refractivity contribution is 0.687. The van der Waals surface area contributed by atoms with E-state index in [-0.39, 0.29) is 0 Å². The molecule has 0 fully saturated rings. The minimum atomic E-state index is -0.969. The summed E-state index contributed by atoms with van der Waals surface area (Å²) in [7, 11) is -0.969. The monoisotopic (exact) mass is 350 g/mol. The van der Waals surface area contributed by atoms with Gasteiger partial charge in [0.1, 0.15) is 4.60 Å². The third-order valence-electron chi connectivity index (χ3n) is 2.83. The zero-order valence-electron chi connectivity index (χ0n) is 10.6. The second-order valence-corrected chi connectivity index (χ2v) is 6.35. The van der Waals surface area contributed by atoms with Crippen LogP contribution in [0.2, 0.25) is 0 Å². The number of anilines is 2. The van der Waals surface area contributed by atoms with Gasteiger partial charge in [-0.3, -0.25) is 8.61 Å². The van der Waals surface area contributed by atoms with E-state index >= 15 is 0 Å². The van der Waals surface area contributed by atoms with Gasteiger partial charge in [0.15, 0.2) is 11.5 Å². The molecule has 2 heterocycles. The molecule has 1 atom stereocenters. The number of nitrogens with one attached hydrogen (secondary N) is 1. The van der Waals surface area contributed by atoms with Crippen LogP contribution in [0.5, 0.6) is 0 Å². The molecule has 0 aliphatic carbocycles. The van der Waals surface area contributed by atoms with E-state index < -0.39 is 10.8 Å². The molecule has 0 aliphatic rings. The number of nitrogens with zero attached hydrogens (tertiary/aromatic N) is 3. The molecule has 0 saturated heterocycles. The summed E-state index contributed by atoms with van der Waals surface area (Å²) in [5, 5.41) is 3.21. The molecule has 0 amide bonds. The summed E-state index contributed by atoms with van der Waals surface area (Å²) in [6, 6.07) is 7.42. The van der Waals surface area contributed by atoms with Gasteiger partial charge < -0.3 is 5.32 Å². The summed E-state index contributed by atoms with van der Waals surface area (Å²) < 4.78 is 14.1. The standard InChI is InChI=1S/C13H11BrN4OS/c1-20(19)10-4-2-9(3-5-10)17-12-13-15-6-7-18(13)11(14)8-16-12/h2-8H,1H3,(H,16,17). The molecule has 3 aromatic rings. The highest BCUT2D eigenvalue weighted by molar-refractivity contribution is 9.10. The molecule has 7 heteroatoms. The molecular formula is C13H11BrN4OS. The number of imidazole rings is 1. The maximum Gasteiger partial charge on any atom is 0.181 e. The van der Waals surface area contributed by atoms with Gasteiger partial charge in [-0.2, -0.15) is 0 Å². The fourth-order valence-corrected chi connectivity index (χ4v) is 2.75. The molecule has 3 rings (SSSR count). The summed E-state index contributed by atoms with van der Waals surface area (Å²) in [5.41, 5.74) is 1.61. The predicted octanol–water partition coefficient (Wildman–Crippen LogP) is 2.97. The highest BCUT2D eigenvalue weighted by atomic mass is 79.9. The Morgan fingerprint density at radius 3 is 2.70 bits per heavy atom. The second kappa shape index (κ2) is 5.34. The smallest absolute Gasteiger partial charge is 0.181 e. The highest BCUT2D eigenvalue weighted by Crippen LogP contribution is 2.22. The van der Waals surface area contributed by atoms with Gasteiger partial charge in [0, 0.05) is 40.0 Å². The number of rotatable bonds is 3. The lowest BCUT2D eigenvalue weighted by Crippen LogP contribution is -1.99. The van der Waals surface area contributed by atoms with E-state index in [1.54, 1.807) is 18.6 Å². The van der Waals surface area contributed by atoms with Crippen LogP contribution in [0.25, 0.3) is 5.65 Å². The Morgan fingerprint density at radius 1 is 1.25 bits per heavy atom. The van der Waals surface area contributed by atoms with E-state index in [1.807, 2.05) is 34.9 Å². The number of hydrogen-bond donors (Lipinski definition) is 1. The van der Waals surface area contributed by atoms with Crippen molar-refractivity contribution in [1.82, 2.24) is 14.4 Å². The van der Waals surface area contributed by atoms with Gasteiger partial charge in [0.2, 0.25) is 0 Å². The molecule has 1 N–H and O–H groups in total. The van der Waals surface area contributed by atoms with Gasteiger partial charge in [-0.15, -0.1) is 0 Å². The van der Waals surface area contributed by atoms with E-state index in [4.69, 9.17) is 0 Å². The molecule has 102 valence electrons. The van der Waals surface area contributed by atoms with Crippen molar-refractivity contribution in [2.24, 2.45) is 0 Å². The molecule has 1 aromatic carbocycles. The SMILES string of the molecule is CS(=O)c1ccc(Nc2ncc(Br)n3ccnc23)cc1. The molecule has 1 unspecified atom stereocenters. The van der Waals surface area contributed by atoms with Crippen LogP contribution in [-0.2, 0) is 10.8 Å². The number of fused-ring (bicyclic) bond motifs is 1. The normalized spacial score (nSPS) is 12.5. The van der Waals surface area contributed by atoms with Crippen LogP contribution >= 0.6 is 15.9 Å². The molecule has 0 bridgehead atoms. The molecule has 0 saturated carbocycles. The molecule has 0 spiro atoms. The first-order chi connectivity index (χ1) is 9.65. The third kappa shape index (κ3) is 2.46. The molecule has 0 radical (unpaired) electrons. The lowest BCUT2D eigenvalue weighted by Gasteiger charge is -2.08. The lowest BCUT2D eigenvalue weighted by atomic mass is 10.3. The van der Waals surface area contributed by atoms with Gasteiger partial charge >= 0.3 is 0 Å². The van der Waals surface area contributed by atoms with Crippen molar-refractivity contribution in [2.75, 3.05) is 11.6 Å². The van der Waals surface area contributed by atoms with Crippen LogP contribution in [0, 0.1) is 0 Å². The first-order valence-corrected chi connectivity index (χ1v) is 8.18. The summed E-state index contributed by atoms with van der Waals surface area (Å²) >= 11 is 3.42. The van der Waals surface area contributed by atoms with E-state index in [0.717, 1.165) is 20.8 Å². The molecule has 2 aromatic heterocycles. The maximum atomic E-state index is 11.4. The van der Waals surface area contributed by atoms with Crippen molar-refractivity contribution in [2.45, 2.75) is 4.90 Å². The van der Waals surface area contributed by atoms with Crippen molar-refractivity contribution < 1.29 is 4.21 Å². The van der Waals surface area contributed by atoms with E-state index in [9.17, 15) is 4.21 Å². The first kappa shape index (κ1) is 13.3. The van der Waals surface area contributed by atoms with Gasteiger partial charge in [-0.05, 0) is 40.2 Å². The quantitative estimate of drug-likeness (QED) is 0.788. The largest absolute Gasteiger partial charge is 0.337 e. The number of hydrogen-bond acceptors (Lipinski definition) is 4. The van der Waals surface area contributed by atoms with Crippen molar-refractivity contribution >= 4 is 43.9 Å². The first-order valence-electron chi connectivity index (χ1n) is 5.83. The Balaban J connectivity index is 1.95. The van der Waals surface area contributed by atoms with Crippen molar-refractivity contribution in [3.8, 4) is 0 Å². The highest BCUT2D eigenvalue weighted by Gasteiger charge is 2.07. The fraction of sp³-hybridized carbons (Fsp3) is 0.0769. The minimum Gasteiger partial charge on any atom is -0.337 e. The summed E-state index contributed by atoms with van der Waals surface area (Å²) in [5.74, 6) is 0.670. The number of aromatic nitrogens is 3. The van der Waals surface area contributed by atoms with Crippen LogP contribution in [0.4, 0.5) is 11.5 Å². The van der Waals surface area contributed by atoms with Gasteiger partial charge in [0.25, 0.3) is 0 Å². The van der Waals surface area contributed by atoms with E-state index in [2.05, 4.69) is 31.2 Å². The third-order valence-corrected chi connectivity index (χ3v) is 4.35. The van der Waals surface area contributed by atoms with Crippen LogP contribution in [0.3, 0.4) is 0 Å². The summed E-state index contributed by atoms with van der Waals surface area (Å²) in [6.07, 6.45) is 6.95. The van der Waals surface area contributed by atoms with Crippen LogP contribution in [0.1, 0.15) is 0 Å². The second-order valence-electron chi connectivity index (χ2n) is 4.15. The van der Waals surface area contributed by atoms with Crippen LogP contribution < -0.4 is 5.32 Å². The van der Waals surface area contributed by atoms with Crippen molar-refractivity contribution in [1.29, 1.82) is 0 Å².